The summed E-state index contributed by atoms with van der Waals surface area (Å²) in [4.78, 5) is 0. The van der Waals surface area contributed by atoms with E-state index in [1.165, 1.54) is 0 Å². The molecule has 0 aromatic heterocycles. The lowest BCUT2D eigenvalue weighted by molar-refractivity contribution is 0.174. The van der Waals surface area contributed by atoms with Crippen molar-refractivity contribution in [2.75, 3.05) is 12.3 Å². The standard InChI is InChI=1S/C11H12NO2P/c12-6-9-7-15(14,8-11(9)13)10-4-2-1-3-5-10/h1-5,9,11,13H,7-8H2/t9-,11-,15+/m1/s1. The van der Waals surface area contributed by atoms with Gasteiger partial charge in [-0.2, -0.15) is 5.26 Å². The second-order valence-electron chi connectivity index (χ2n) is 3.89. The Morgan fingerprint density at radius 2 is 2.00 bits per heavy atom. The van der Waals surface area contributed by atoms with Gasteiger partial charge in [0.15, 0.2) is 0 Å². The highest BCUT2D eigenvalue weighted by Gasteiger charge is 2.41. The number of aliphatic hydroxyl groups is 1. The van der Waals surface area contributed by atoms with E-state index in [0.717, 1.165) is 5.30 Å². The minimum atomic E-state index is -2.52. The van der Waals surface area contributed by atoms with Crippen molar-refractivity contribution in [3.8, 4) is 6.07 Å². The van der Waals surface area contributed by atoms with Gasteiger partial charge in [0.2, 0.25) is 0 Å². The third-order valence-corrected chi connectivity index (χ3v) is 6.02. The number of aliphatic hydroxyl groups excluding tert-OH is 1. The van der Waals surface area contributed by atoms with E-state index in [2.05, 4.69) is 0 Å². The monoisotopic (exact) mass is 221 g/mol. The SMILES string of the molecule is N#C[C@@H]1C[P@@](=O)(c2ccccc2)C[C@H]1O. The summed E-state index contributed by atoms with van der Waals surface area (Å²) >= 11 is 0. The summed E-state index contributed by atoms with van der Waals surface area (Å²) in [5, 5.41) is 19.2. The molecule has 0 saturated carbocycles. The molecular formula is C11H12NO2P. The summed E-state index contributed by atoms with van der Waals surface area (Å²) in [5.74, 6) is -0.476. The first-order chi connectivity index (χ1) is 7.15. The lowest BCUT2D eigenvalue weighted by Crippen LogP contribution is -2.15. The predicted octanol–water partition coefficient (Wildman–Crippen LogP) is 1.19. The number of benzene rings is 1. The van der Waals surface area contributed by atoms with Crippen LogP contribution in [0.15, 0.2) is 30.3 Å². The van der Waals surface area contributed by atoms with Crippen molar-refractivity contribution in [1.82, 2.24) is 0 Å². The number of nitriles is 1. The average molecular weight is 221 g/mol. The van der Waals surface area contributed by atoms with Gasteiger partial charge in [-0.1, -0.05) is 30.3 Å². The van der Waals surface area contributed by atoms with Gasteiger partial charge >= 0.3 is 0 Å². The van der Waals surface area contributed by atoms with Crippen molar-refractivity contribution in [3.63, 3.8) is 0 Å². The quantitative estimate of drug-likeness (QED) is 0.724. The maximum absolute atomic E-state index is 12.5. The van der Waals surface area contributed by atoms with Crippen LogP contribution >= 0.6 is 7.14 Å². The molecular weight excluding hydrogens is 209 g/mol. The van der Waals surface area contributed by atoms with Crippen LogP contribution in [0.4, 0.5) is 0 Å². The smallest absolute Gasteiger partial charge is 0.119 e. The van der Waals surface area contributed by atoms with E-state index in [-0.39, 0.29) is 6.16 Å². The fraction of sp³-hybridized carbons (Fsp3) is 0.364. The Morgan fingerprint density at radius 3 is 2.53 bits per heavy atom. The van der Waals surface area contributed by atoms with Crippen LogP contribution in [0.5, 0.6) is 0 Å². The molecule has 1 saturated heterocycles. The number of hydrogen-bond donors (Lipinski definition) is 1. The Balaban J connectivity index is 2.32. The predicted molar refractivity (Wildman–Crippen MR) is 58.5 cm³/mol. The minimum absolute atomic E-state index is 0.245. The van der Waals surface area contributed by atoms with E-state index in [9.17, 15) is 9.67 Å². The van der Waals surface area contributed by atoms with Gasteiger partial charge in [0.1, 0.15) is 7.14 Å². The van der Waals surface area contributed by atoms with Crippen LogP contribution in [0, 0.1) is 17.2 Å². The fourth-order valence-corrected chi connectivity index (χ4v) is 5.09. The van der Waals surface area contributed by atoms with Crippen LogP contribution < -0.4 is 5.30 Å². The Hall–Kier alpha value is -1.10. The Kier molecular flexibility index (Phi) is 2.65. The van der Waals surface area contributed by atoms with E-state index < -0.39 is 19.2 Å². The summed E-state index contributed by atoms with van der Waals surface area (Å²) in [6.45, 7) is 0. The zero-order valence-corrected chi connectivity index (χ0v) is 9.10. The van der Waals surface area contributed by atoms with Gasteiger partial charge in [0.05, 0.1) is 18.1 Å². The van der Waals surface area contributed by atoms with Crippen LogP contribution in [0.2, 0.25) is 0 Å². The van der Waals surface area contributed by atoms with Crippen LogP contribution in [-0.4, -0.2) is 23.5 Å². The van der Waals surface area contributed by atoms with E-state index in [0.29, 0.717) is 6.16 Å². The van der Waals surface area contributed by atoms with Gasteiger partial charge < -0.3 is 9.67 Å². The first-order valence-electron chi connectivity index (χ1n) is 4.87. The van der Waals surface area contributed by atoms with Crippen molar-refractivity contribution in [1.29, 1.82) is 5.26 Å². The number of nitrogens with zero attached hydrogens (tertiary/aromatic N) is 1. The van der Waals surface area contributed by atoms with Crippen LogP contribution in [0.1, 0.15) is 0 Å². The largest absolute Gasteiger partial charge is 0.391 e. The molecule has 1 aromatic rings. The lowest BCUT2D eigenvalue weighted by Gasteiger charge is -2.10. The summed E-state index contributed by atoms with van der Waals surface area (Å²) < 4.78 is 12.5. The molecule has 4 heteroatoms. The molecule has 2 rings (SSSR count). The molecule has 0 amide bonds. The molecule has 1 aromatic carbocycles. The molecule has 3 nitrogen and oxygen atoms in total. The first-order valence-corrected chi connectivity index (χ1v) is 6.95. The van der Waals surface area contributed by atoms with Crippen molar-refractivity contribution in [2.45, 2.75) is 6.10 Å². The molecule has 0 aliphatic carbocycles. The third-order valence-electron chi connectivity index (χ3n) is 2.83. The third kappa shape index (κ3) is 1.84. The topological polar surface area (TPSA) is 61.1 Å². The molecule has 78 valence electrons. The van der Waals surface area contributed by atoms with Gasteiger partial charge in [-0.3, -0.25) is 0 Å². The van der Waals surface area contributed by atoms with Crippen LogP contribution in [-0.2, 0) is 4.57 Å². The summed E-state index contributed by atoms with van der Waals surface area (Å²) in [6, 6.07) is 11.2. The molecule has 0 spiro atoms. The maximum Gasteiger partial charge on any atom is 0.119 e. The molecule has 0 bridgehead atoms. The summed E-state index contributed by atoms with van der Waals surface area (Å²) in [7, 11) is -2.52. The van der Waals surface area contributed by atoms with Crippen LogP contribution in [0.25, 0.3) is 0 Å². The molecule has 1 aliphatic rings. The molecule has 1 N–H and O–H groups in total. The van der Waals surface area contributed by atoms with Crippen molar-refractivity contribution in [2.24, 2.45) is 5.92 Å². The molecule has 1 aliphatic heterocycles. The van der Waals surface area contributed by atoms with Crippen molar-refractivity contribution < 1.29 is 9.67 Å². The average Bonchev–Trinajstić information content (AvgIpc) is 2.56. The van der Waals surface area contributed by atoms with Crippen molar-refractivity contribution in [3.05, 3.63) is 30.3 Å². The molecule has 0 unspecified atom stereocenters. The molecule has 3 atom stereocenters. The van der Waals surface area contributed by atoms with Crippen molar-refractivity contribution >= 4 is 12.4 Å². The highest BCUT2D eigenvalue weighted by atomic mass is 31.2. The minimum Gasteiger partial charge on any atom is -0.391 e. The van der Waals surface area contributed by atoms with E-state index in [1.54, 1.807) is 0 Å². The zero-order valence-electron chi connectivity index (χ0n) is 8.21. The molecule has 15 heavy (non-hydrogen) atoms. The zero-order chi connectivity index (χ0) is 10.9. The first kappa shape index (κ1) is 10.4. The second-order valence-corrected chi connectivity index (χ2v) is 6.92. The highest BCUT2D eigenvalue weighted by molar-refractivity contribution is 7.72. The second kappa shape index (κ2) is 3.81. The van der Waals surface area contributed by atoms with Crippen LogP contribution in [0.3, 0.4) is 0 Å². The lowest BCUT2D eigenvalue weighted by atomic mass is 10.1. The van der Waals surface area contributed by atoms with E-state index >= 15 is 0 Å². The van der Waals surface area contributed by atoms with E-state index in [1.807, 2.05) is 36.4 Å². The molecule has 1 heterocycles. The Bertz CT molecular complexity index is 438. The summed E-state index contributed by atoms with van der Waals surface area (Å²) in [6.07, 6.45) is -0.176. The maximum atomic E-state index is 12.5. The fourth-order valence-electron chi connectivity index (χ4n) is 1.98. The van der Waals surface area contributed by atoms with Gasteiger partial charge in [-0.15, -0.1) is 0 Å². The highest BCUT2D eigenvalue weighted by Crippen LogP contribution is 2.52. The molecule has 0 radical (unpaired) electrons. The van der Waals surface area contributed by atoms with Gasteiger partial charge in [0.25, 0.3) is 0 Å². The molecule has 1 fully saturated rings. The number of hydrogen-bond acceptors (Lipinski definition) is 3. The van der Waals surface area contributed by atoms with Gasteiger partial charge in [-0.05, 0) is 0 Å². The number of rotatable bonds is 1. The normalized spacial score (nSPS) is 34.9. The Labute approximate surface area is 88.7 Å². The van der Waals surface area contributed by atoms with Gasteiger partial charge in [0, 0.05) is 17.6 Å². The summed E-state index contributed by atoms with van der Waals surface area (Å²) in [5.41, 5.74) is 0. The van der Waals surface area contributed by atoms with Gasteiger partial charge in [-0.25, -0.2) is 0 Å². The van der Waals surface area contributed by atoms with E-state index in [4.69, 9.17) is 5.26 Å². The Morgan fingerprint density at radius 1 is 1.33 bits per heavy atom.